The van der Waals surface area contributed by atoms with E-state index in [-0.39, 0.29) is 5.91 Å². The Kier molecular flexibility index (Phi) is 3.35. The van der Waals surface area contributed by atoms with E-state index in [1.165, 1.54) is 0 Å². The van der Waals surface area contributed by atoms with Gasteiger partial charge in [0.25, 0.3) is 5.91 Å². The summed E-state index contributed by atoms with van der Waals surface area (Å²) in [5.74, 6) is 0.142. The largest absolute Gasteiger partial charge is 0.305 e. The van der Waals surface area contributed by atoms with Crippen LogP contribution >= 0.6 is 11.6 Å². The van der Waals surface area contributed by atoms with E-state index in [0.29, 0.717) is 16.4 Å². The number of rotatable bonds is 2. The average molecular weight is 283 g/mol. The van der Waals surface area contributed by atoms with Crippen molar-refractivity contribution in [3.05, 3.63) is 71.4 Å². The van der Waals surface area contributed by atoms with Gasteiger partial charge in [0.2, 0.25) is 0 Å². The van der Waals surface area contributed by atoms with Gasteiger partial charge in [0.15, 0.2) is 5.82 Å². The van der Waals surface area contributed by atoms with Gasteiger partial charge in [-0.3, -0.25) is 4.79 Å². The van der Waals surface area contributed by atoms with E-state index in [2.05, 4.69) is 10.3 Å². The number of anilines is 1. The molecule has 4 heteroatoms. The first-order valence-corrected chi connectivity index (χ1v) is 6.52. The van der Waals surface area contributed by atoms with Crippen LogP contribution in [-0.2, 0) is 0 Å². The Hall–Kier alpha value is -2.39. The molecule has 0 aliphatic carbocycles. The second-order valence-electron chi connectivity index (χ2n) is 4.35. The number of amides is 1. The molecule has 0 bridgehead atoms. The van der Waals surface area contributed by atoms with Gasteiger partial charge in [-0.1, -0.05) is 41.9 Å². The Morgan fingerprint density at radius 3 is 2.60 bits per heavy atom. The Labute approximate surface area is 121 Å². The lowest BCUT2D eigenvalue weighted by Crippen LogP contribution is -2.13. The molecule has 98 valence electrons. The van der Waals surface area contributed by atoms with E-state index in [1.807, 2.05) is 36.4 Å². The average Bonchev–Trinajstić information content (AvgIpc) is 2.49. The summed E-state index contributed by atoms with van der Waals surface area (Å²) in [5, 5.41) is 5.25. The fourth-order valence-electron chi connectivity index (χ4n) is 1.99. The topological polar surface area (TPSA) is 42.0 Å². The third-order valence-electron chi connectivity index (χ3n) is 3.00. The number of fused-ring (bicyclic) bond motifs is 1. The minimum absolute atomic E-state index is 0.226. The van der Waals surface area contributed by atoms with Crippen molar-refractivity contribution in [2.24, 2.45) is 0 Å². The minimum atomic E-state index is -0.226. The normalized spacial score (nSPS) is 10.4. The van der Waals surface area contributed by atoms with Crippen LogP contribution in [0, 0.1) is 0 Å². The minimum Gasteiger partial charge on any atom is -0.305 e. The lowest BCUT2D eigenvalue weighted by Gasteiger charge is -2.06. The van der Waals surface area contributed by atoms with Crippen molar-refractivity contribution in [3.8, 4) is 0 Å². The van der Waals surface area contributed by atoms with Gasteiger partial charge in [-0.25, -0.2) is 4.98 Å². The fourth-order valence-corrected chi connectivity index (χ4v) is 2.16. The van der Waals surface area contributed by atoms with Crippen LogP contribution in [0.2, 0.25) is 5.02 Å². The lowest BCUT2D eigenvalue weighted by molar-refractivity contribution is 0.102. The number of nitrogens with one attached hydrogen (secondary N) is 1. The summed E-state index contributed by atoms with van der Waals surface area (Å²) in [6.07, 6.45) is 1.59. The van der Waals surface area contributed by atoms with Gasteiger partial charge >= 0.3 is 0 Å². The number of hydrogen-bond donors (Lipinski definition) is 1. The first kappa shape index (κ1) is 12.6. The molecule has 0 atom stereocenters. The van der Waals surface area contributed by atoms with E-state index >= 15 is 0 Å². The molecular weight excluding hydrogens is 272 g/mol. The molecule has 0 aliphatic heterocycles. The maximum atomic E-state index is 12.2. The van der Waals surface area contributed by atoms with E-state index in [1.54, 1.807) is 24.4 Å². The second-order valence-corrected chi connectivity index (χ2v) is 4.76. The van der Waals surface area contributed by atoms with Crippen molar-refractivity contribution in [3.63, 3.8) is 0 Å². The summed E-state index contributed by atoms with van der Waals surface area (Å²) >= 11 is 5.97. The predicted octanol–water partition coefficient (Wildman–Crippen LogP) is 4.14. The number of benzene rings is 2. The first-order chi connectivity index (χ1) is 9.74. The number of halogens is 1. The van der Waals surface area contributed by atoms with Crippen LogP contribution in [-0.4, -0.2) is 10.9 Å². The fraction of sp³-hybridized carbons (Fsp3) is 0. The maximum Gasteiger partial charge on any atom is 0.256 e. The maximum absolute atomic E-state index is 12.2. The lowest BCUT2D eigenvalue weighted by atomic mass is 10.1. The van der Waals surface area contributed by atoms with E-state index < -0.39 is 0 Å². The van der Waals surface area contributed by atoms with Crippen molar-refractivity contribution >= 4 is 34.1 Å². The number of nitrogens with zero attached hydrogens (tertiary/aromatic N) is 1. The first-order valence-electron chi connectivity index (χ1n) is 6.15. The Bertz CT molecular complexity index is 786. The standard InChI is InChI=1S/C16H11ClN2O/c17-14-6-3-9-18-15(14)19-16(20)13-8-7-11-4-1-2-5-12(11)10-13/h1-10H,(H,18,19,20). The summed E-state index contributed by atoms with van der Waals surface area (Å²) in [7, 11) is 0. The number of pyridine rings is 1. The molecule has 0 aliphatic rings. The molecule has 0 saturated heterocycles. The smallest absolute Gasteiger partial charge is 0.256 e. The highest BCUT2D eigenvalue weighted by atomic mass is 35.5. The van der Waals surface area contributed by atoms with Gasteiger partial charge in [0.1, 0.15) is 0 Å². The molecule has 1 aromatic heterocycles. The van der Waals surface area contributed by atoms with Gasteiger partial charge in [0, 0.05) is 11.8 Å². The Morgan fingerprint density at radius 1 is 1.00 bits per heavy atom. The van der Waals surface area contributed by atoms with Gasteiger partial charge in [-0.05, 0) is 35.0 Å². The Balaban J connectivity index is 1.91. The molecule has 1 N–H and O–H groups in total. The monoisotopic (exact) mass is 282 g/mol. The molecule has 2 aromatic carbocycles. The SMILES string of the molecule is O=C(Nc1ncccc1Cl)c1ccc2ccccc2c1. The highest BCUT2D eigenvalue weighted by Crippen LogP contribution is 2.20. The zero-order valence-corrected chi connectivity index (χ0v) is 11.3. The van der Waals surface area contributed by atoms with Crippen molar-refractivity contribution in [1.29, 1.82) is 0 Å². The molecule has 0 saturated carbocycles. The Morgan fingerprint density at radius 2 is 1.80 bits per heavy atom. The molecule has 1 heterocycles. The summed E-state index contributed by atoms with van der Waals surface area (Å²) in [6, 6.07) is 16.8. The zero-order chi connectivity index (χ0) is 13.9. The van der Waals surface area contributed by atoms with Crippen LogP contribution in [0.15, 0.2) is 60.8 Å². The summed E-state index contributed by atoms with van der Waals surface area (Å²) in [5.41, 5.74) is 0.574. The van der Waals surface area contributed by atoms with Crippen molar-refractivity contribution in [1.82, 2.24) is 4.98 Å². The molecule has 0 unspecified atom stereocenters. The highest BCUT2D eigenvalue weighted by molar-refractivity contribution is 6.33. The third kappa shape index (κ3) is 2.49. The summed E-state index contributed by atoms with van der Waals surface area (Å²) in [6.45, 7) is 0. The third-order valence-corrected chi connectivity index (χ3v) is 3.31. The molecule has 3 rings (SSSR count). The van der Waals surface area contributed by atoms with Gasteiger partial charge in [0.05, 0.1) is 5.02 Å². The van der Waals surface area contributed by atoms with Crippen LogP contribution in [0.4, 0.5) is 5.82 Å². The number of aromatic nitrogens is 1. The van der Waals surface area contributed by atoms with E-state index in [0.717, 1.165) is 10.8 Å². The molecule has 0 spiro atoms. The van der Waals surface area contributed by atoms with Crippen LogP contribution in [0.25, 0.3) is 10.8 Å². The van der Waals surface area contributed by atoms with Crippen molar-refractivity contribution < 1.29 is 4.79 Å². The predicted molar refractivity (Wildman–Crippen MR) is 81.1 cm³/mol. The molecule has 20 heavy (non-hydrogen) atoms. The molecule has 1 amide bonds. The van der Waals surface area contributed by atoms with Crippen LogP contribution in [0.5, 0.6) is 0 Å². The van der Waals surface area contributed by atoms with Crippen LogP contribution in [0.1, 0.15) is 10.4 Å². The molecule has 0 fully saturated rings. The number of carbonyl (C=O) groups is 1. The van der Waals surface area contributed by atoms with E-state index in [9.17, 15) is 4.79 Å². The van der Waals surface area contributed by atoms with Gasteiger partial charge in [-0.15, -0.1) is 0 Å². The van der Waals surface area contributed by atoms with Crippen LogP contribution < -0.4 is 5.32 Å². The number of carbonyl (C=O) groups excluding carboxylic acids is 1. The molecular formula is C16H11ClN2O. The zero-order valence-electron chi connectivity index (χ0n) is 10.5. The summed E-state index contributed by atoms with van der Waals surface area (Å²) < 4.78 is 0. The van der Waals surface area contributed by atoms with Gasteiger partial charge in [-0.2, -0.15) is 0 Å². The molecule has 3 aromatic rings. The van der Waals surface area contributed by atoms with Crippen LogP contribution in [0.3, 0.4) is 0 Å². The van der Waals surface area contributed by atoms with E-state index in [4.69, 9.17) is 11.6 Å². The second kappa shape index (κ2) is 5.31. The summed E-state index contributed by atoms with van der Waals surface area (Å²) in [4.78, 5) is 16.2. The highest BCUT2D eigenvalue weighted by Gasteiger charge is 2.09. The molecule has 0 radical (unpaired) electrons. The van der Waals surface area contributed by atoms with Gasteiger partial charge < -0.3 is 5.32 Å². The van der Waals surface area contributed by atoms with Crippen molar-refractivity contribution in [2.75, 3.05) is 5.32 Å². The number of hydrogen-bond acceptors (Lipinski definition) is 2. The quantitative estimate of drug-likeness (QED) is 0.767. The van der Waals surface area contributed by atoms with Crippen molar-refractivity contribution in [2.45, 2.75) is 0 Å². The molecule has 3 nitrogen and oxygen atoms in total.